The van der Waals surface area contributed by atoms with E-state index in [9.17, 15) is 0 Å². The first-order valence-corrected chi connectivity index (χ1v) is 6.49. The van der Waals surface area contributed by atoms with Gasteiger partial charge in [-0.1, -0.05) is 19.1 Å². The number of nitrogens with one attached hydrogen (secondary N) is 1. The van der Waals surface area contributed by atoms with Gasteiger partial charge in [0.25, 0.3) is 0 Å². The van der Waals surface area contributed by atoms with Gasteiger partial charge in [-0.15, -0.1) is 0 Å². The second-order valence-corrected chi connectivity index (χ2v) is 4.60. The molecule has 0 amide bonds. The number of ether oxygens (including phenoxy) is 2. The van der Waals surface area contributed by atoms with Gasteiger partial charge in [0.2, 0.25) is 0 Å². The fourth-order valence-corrected chi connectivity index (χ4v) is 1.84. The third-order valence-corrected chi connectivity index (χ3v) is 2.81. The fraction of sp³-hybridized carbons (Fsp3) is 0.846. The Morgan fingerprint density at radius 1 is 1.59 bits per heavy atom. The molecule has 0 aliphatic carbocycles. The number of rotatable bonds is 8. The van der Waals surface area contributed by atoms with E-state index >= 15 is 0 Å². The molecule has 4 heteroatoms. The molecule has 1 aliphatic heterocycles. The molecule has 1 atom stereocenters. The summed E-state index contributed by atoms with van der Waals surface area (Å²) < 4.78 is 11.1. The van der Waals surface area contributed by atoms with Crippen LogP contribution in [-0.2, 0) is 9.47 Å². The first-order chi connectivity index (χ1) is 8.22. The second-order valence-electron chi connectivity index (χ2n) is 4.60. The zero-order chi connectivity index (χ0) is 12.5. The van der Waals surface area contributed by atoms with E-state index in [-0.39, 0.29) is 0 Å². The molecule has 1 heterocycles. The summed E-state index contributed by atoms with van der Waals surface area (Å²) in [5.41, 5.74) is 1.07. The Labute approximate surface area is 105 Å². The molecule has 0 aromatic heterocycles. The minimum absolute atomic E-state index is 0.324. The van der Waals surface area contributed by atoms with Gasteiger partial charge < -0.3 is 14.8 Å². The van der Waals surface area contributed by atoms with E-state index in [1.165, 1.54) is 0 Å². The molecule has 1 aliphatic rings. The highest BCUT2D eigenvalue weighted by Gasteiger charge is 2.18. The minimum atomic E-state index is 0.324. The van der Waals surface area contributed by atoms with Crippen molar-refractivity contribution >= 4 is 0 Å². The maximum absolute atomic E-state index is 5.70. The maximum Gasteiger partial charge on any atom is 0.0826 e. The van der Waals surface area contributed by atoms with Crippen LogP contribution in [-0.4, -0.2) is 63.5 Å². The van der Waals surface area contributed by atoms with E-state index < -0.39 is 0 Å². The Morgan fingerprint density at radius 2 is 2.41 bits per heavy atom. The van der Waals surface area contributed by atoms with Crippen LogP contribution in [0.15, 0.2) is 12.2 Å². The lowest BCUT2D eigenvalue weighted by molar-refractivity contribution is -0.0257. The van der Waals surface area contributed by atoms with Gasteiger partial charge in [0.15, 0.2) is 0 Å². The SMILES string of the molecule is C=C(C)COCCNCC1CN(CC)CCO1. The van der Waals surface area contributed by atoms with Crippen LogP contribution in [0.5, 0.6) is 0 Å². The monoisotopic (exact) mass is 242 g/mol. The van der Waals surface area contributed by atoms with Crippen molar-refractivity contribution in [1.29, 1.82) is 0 Å². The van der Waals surface area contributed by atoms with E-state index in [0.717, 1.165) is 51.5 Å². The molecular formula is C13H26N2O2. The molecule has 4 nitrogen and oxygen atoms in total. The predicted molar refractivity (Wildman–Crippen MR) is 70.4 cm³/mol. The van der Waals surface area contributed by atoms with Crippen molar-refractivity contribution in [3.8, 4) is 0 Å². The highest BCUT2D eigenvalue weighted by molar-refractivity contribution is 4.87. The van der Waals surface area contributed by atoms with Crippen molar-refractivity contribution in [2.75, 3.05) is 52.5 Å². The lowest BCUT2D eigenvalue weighted by Gasteiger charge is -2.32. The van der Waals surface area contributed by atoms with Gasteiger partial charge >= 0.3 is 0 Å². The lowest BCUT2D eigenvalue weighted by Crippen LogP contribution is -2.46. The van der Waals surface area contributed by atoms with Crippen molar-refractivity contribution in [3.05, 3.63) is 12.2 Å². The van der Waals surface area contributed by atoms with Gasteiger partial charge in [-0.05, 0) is 13.5 Å². The normalized spacial score (nSPS) is 21.6. The summed E-state index contributed by atoms with van der Waals surface area (Å²) in [6.07, 6.45) is 0.324. The quantitative estimate of drug-likeness (QED) is 0.506. The average molecular weight is 242 g/mol. The highest BCUT2D eigenvalue weighted by Crippen LogP contribution is 2.03. The summed E-state index contributed by atoms with van der Waals surface area (Å²) >= 11 is 0. The molecule has 0 aromatic carbocycles. The molecule has 1 saturated heterocycles. The molecule has 0 radical (unpaired) electrons. The smallest absolute Gasteiger partial charge is 0.0826 e. The largest absolute Gasteiger partial charge is 0.376 e. The Hall–Kier alpha value is -0.420. The van der Waals surface area contributed by atoms with Gasteiger partial charge in [-0.25, -0.2) is 0 Å². The zero-order valence-electron chi connectivity index (χ0n) is 11.2. The van der Waals surface area contributed by atoms with Crippen LogP contribution in [0.1, 0.15) is 13.8 Å². The van der Waals surface area contributed by atoms with Crippen molar-refractivity contribution in [1.82, 2.24) is 10.2 Å². The van der Waals surface area contributed by atoms with Crippen LogP contribution in [0.2, 0.25) is 0 Å². The third kappa shape index (κ3) is 6.78. The van der Waals surface area contributed by atoms with Crippen LogP contribution < -0.4 is 5.32 Å². The number of hydrogen-bond donors (Lipinski definition) is 1. The number of hydrogen-bond acceptors (Lipinski definition) is 4. The number of morpholine rings is 1. The van der Waals surface area contributed by atoms with Crippen molar-refractivity contribution < 1.29 is 9.47 Å². The lowest BCUT2D eigenvalue weighted by atomic mass is 10.2. The van der Waals surface area contributed by atoms with Crippen LogP contribution in [0.3, 0.4) is 0 Å². The molecule has 1 rings (SSSR count). The van der Waals surface area contributed by atoms with Gasteiger partial charge in [0, 0.05) is 26.2 Å². The summed E-state index contributed by atoms with van der Waals surface area (Å²) in [5, 5.41) is 3.37. The second kappa shape index (κ2) is 8.64. The summed E-state index contributed by atoms with van der Waals surface area (Å²) in [6, 6.07) is 0. The van der Waals surface area contributed by atoms with E-state index in [1.54, 1.807) is 0 Å². The van der Waals surface area contributed by atoms with E-state index in [4.69, 9.17) is 9.47 Å². The molecule has 1 N–H and O–H groups in total. The first kappa shape index (κ1) is 14.6. The first-order valence-electron chi connectivity index (χ1n) is 6.49. The summed E-state index contributed by atoms with van der Waals surface area (Å²) in [5.74, 6) is 0. The predicted octanol–water partition coefficient (Wildman–Crippen LogP) is 0.889. The summed E-state index contributed by atoms with van der Waals surface area (Å²) in [6.45, 7) is 15.2. The molecule has 1 fully saturated rings. The molecule has 100 valence electrons. The average Bonchev–Trinajstić information content (AvgIpc) is 2.33. The summed E-state index contributed by atoms with van der Waals surface area (Å²) in [4.78, 5) is 2.42. The van der Waals surface area contributed by atoms with Gasteiger partial charge in [0.05, 0.1) is 25.9 Å². The molecule has 0 saturated carbocycles. The number of nitrogens with zero attached hydrogens (tertiary/aromatic N) is 1. The Bertz CT molecular complexity index is 221. The Kier molecular flexibility index (Phi) is 7.44. The van der Waals surface area contributed by atoms with Crippen molar-refractivity contribution in [2.45, 2.75) is 20.0 Å². The van der Waals surface area contributed by atoms with Crippen LogP contribution in [0, 0.1) is 0 Å². The van der Waals surface area contributed by atoms with Crippen LogP contribution >= 0.6 is 0 Å². The summed E-state index contributed by atoms with van der Waals surface area (Å²) in [7, 11) is 0. The van der Waals surface area contributed by atoms with Gasteiger partial charge in [-0.3, -0.25) is 4.90 Å². The number of likely N-dealkylation sites (N-methyl/N-ethyl adjacent to an activating group) is 1. The molecule has 0 spiro atoms. The topological polar surface area (TPSA) is 33.7 Å². The molecule has 0 aromatic rings. The van der Waals surface area contributed by atoms with Crippen molar-refractivity contribution in [2.24, 2.45) is 0 Å². The van der Waals surface area contributed by atoms with Gasteiger partial charge in [-0.2, -0.15) is 0 Å². The fourth-order valence-electron chi connectivity index (χ4n) is 1.84. The molecule has 1 unspecified atom stereocenters. The van der Waals surface area contributed by atoms with Crippen molar-refractivity contribution in [3.63, 3.8) is 0 Å². The van der Waals surface area contributed by atoms with Gasteiger partial charge in [0.1, 0.15) is 0 Å². The Morgan fingerprint density at radius 3 is 3.12 bits per heavy atom. The third-order valence-electron chi connectivity index (χ3n) is 2.81. The van der Waals surface area contributed by atoms with Crippen LogP contribution in [0.25, 0.3) is 0 Å². The Balaban J connectivity index is 1.97. The zero-order valence-corrected chi connectivity index (χ0v) is 11.2. The molecule has 0 bridgehead atoms. The van der Waals surface area contributed by atoms with E-state index in [0.29, 0.717) is 12.7 Å². The molecule has 17 heavy (non-hydrogen) atoms. The van der Waals surface area contributed by atoms with E-state index in [2.05, 4.69) is 23.7 Å². The standard InChI is InChI=1S/C13H26N2O2/c1-4-15-6-8-17-13(10-15)9-14-5-7-16-11-12(2)3/h13-14H,2,4-11H2,1,3H3. The van der Waals surface area contributed by atoms with E-state index in [1.807, 2.05) is 6.92 Å². The minimum Gasteiger partial charge on any atom is -0.376 e. The molecular weight excluding hydrogens is 216 g/mol. The highest BCUT2D eigenvalue weighted by atomic mass is 16.5. The maximum atomic E-state index is 5.70. The van der Waals surface area contributed by atoms with Crippen LogP contribution in [0.4, 0.5) is 0 Å².